The standard InChI is InChI=1S/C16H12ClN5OS/c1-9-13(7-18)16(20-10(2)19-9)24-8-14-21-15(22-23-14)11-4-3-5-12(17)6-11/h3-6H,8H2,1-2H3. The summed E-state index contributed by atoms with van der Waals surface area (Å²) in [5.74, 6) is 1.97. The average molecular weight is 358 g/mol. The second-order valence-corrected chi connectivity index (χ2v) is 6.36. The molecule has 0 bridgehead atoms. The van der Waals surface area contributed by atoms with E-state index in [1.54, 1.807) is 26.0 Å². The average Bonchev–Trinajstić information content (AvgIpc) is 3.01. The van der Waals surface area contributed by atoms with E-state index in [2.05, 4.69) is 26.2 Å². The minimum Gasteiger partial charge on any atom is -0.338 e. The van der Waals surface area contributed by atoms with Crippen LogP contribution in [-0.4, -0.2) is 20.1 Å². The first-order chi connectivity index (χ1) is 11.6. The maximum Gasteiger partial charge on any atom is 0.237 e. The number of halogens is 1. The van der Waals surface area contributed by atoms with Crippen LogP contribution in [0.25, 0.3) is 11.4 Å². The molecule has 2 aromatic heterocycles. The van der Waals surface area contributed by atoms with Gasteiger partial charge in [0.15, 0.2) is 0 Å². The van der Waals surface area contributed by atoms with Gasteiger partial charge in [-0.15, -0.1) is 0 Å². The van der Waals surface area contributed by atoms with Gasteiger partial charge in [-0.25, -0.2) is 9.97 Å². The van der Waals surface area contributed by atoms with Gasteiger partial charge < -0.3 is 4.52 Å². The van der Waals surface area contributed by atoms with Crippen LogP contribution in [0, 0.1) is 25.2 Å². The highest BCUT2D eigenvalue weighted by Crippen LogP contribution is 2.26. The van der Waals surface area contributed by atoms with Crippen LogP contribution in [0.4, 0.5) is 0 Å². The maximum absolute atomic E-state index is 9.26. The van der Waals surface area contributed by atoms with Gasteiger partial charge in [-0.05, 0) is 26.0 Å². The minimum atomic E-state index is 0.415. The van der Waals surface area contributed by atoms with Crippen LogP contribution < -0.4 is 0 Å². The summed E-state index contributed by atoms with van der Waals surface area (Å²) in [6.07, 6.45) is 0. The third-order valence-electron chi connectivity index (χ3n) is 3.16. The van der Waals surface area contributed by atoms with Crippen molar-refractivity contribution in [2.45, 2.75) is 24.6 Å². The Hall–Kier alpha value is -2.43. The Morgan fingerprint density at radius 3 is 2.83 bits per heavy atom. The summed E-state index contributed by atoms with van der Waals surface area (Å²) in [5.41, 5.74) is 1.92. The molecular weight excluding hydrogens is 346 g/mol. The third kappa shape index (κ3) is 3.55. The fourth-order valence-electron chi connectivity index (χ4n) is 2.10. The molecular formula is C16H12ClN5OS. The molecule has 6 nitrogen and oxygen atoms in total. The number of aryl methyl sites for hydroxylation is 2. The lowest BCUT2D eigenvalue weighted by Gasteiger charge is -2.04. The number of nitriles is 1. The number of hydrogen-bond acceptors (Lipinski definition) is 7. The second kappa shape index (κ2) is 6.99. The smallest absolute Gasteiger partial charge is 0.237 e. The first-order valence-electron chi connectivity index (χ1n) is 7.03. The van der Waals surface area contributed by atoms with Crippen molar-refractivity contribution in [2.75, 3.05) is 0 Å². The highest BCUT2D eigenvalue weighted by Gasteiger charge is 2.14. The van der Waals surface area contributed by atoms with E-state index in [1.807, 2.05) is 12.1 Å². The molecule has 0 atom stereocenters. The van der Waals surface area contributed by atoms with Crippen molar-refractivity contribution in [3.05, 3.63) is 52.3 Å². The molecule has 0 saturated heterocycles. The highest BCUT2D eigenvalue weighted by molar-refractivity contribution is 7.98. The molecule has 120 valence electrons. The van der Waals surface area contributed by atoms with Gasteiger partial charge in [0.25, 0.3) is 0 Å². The summed E-state index contributed by atoms with van der Waals surface area (Å²) in [6.45, 7) is 3.59. The largest absolute Gasteiger partial charge is 0.338 e. The fraction of sp³-hybridized carbons (Fsp3) is 0.188. The zero-order chi connectivity index (χ0) is 17.1. The maximum atomic E-state index is 9.26. The van der Waals surface area contributed by atoms with Gasteiger partial charge in [0.1, 0.15) is 22.5 Å². The summed E-state index contributed by atoms with van der Waals surface area (Å²) < 4.78 is 5.26. The van der Waals surface area contributed by atoms with Gasteiger partial charge in [0.2, 0.25) is 11.7 Å². The molecule has 0 aliphatic heterocycles. The lowest BCUT2D eigenvalue weighted by molar-refractivity contribution is 0.391. The van der Waals surface area contributed by atoms with Gasteiger partial charge in [-0.1, -0.05) is 40.7 Å². The van der Waals surface area contributed by atoms with Crippen LogP contribution in [0.5, 0.6) is 0 Å². The van der Waals surface area contributed by atoms with Crippen molar-refractivity contribution < 1.29 is 4.52 Å². The van der Waals surface area contributed by atoms with E-state index in [9.17, 15) is 5.26 Å². The van der Waals surface area contributed by atoms with Gasteiger partial charge in [-0.2, -0.15) is 10.2 Å². The van der Waals surface area contributed by atoms with Crippen molar-refractivity contribution in [1.82, 2.24) is 20.1 Å². The molecule has 2 heterocycles. The lowest BCUT2D eigenvalue weighted by atomic mass is 10.2. The number of aromatic nitrogens is 4. The molecule has 1 aromatic carbocycles. The summed E-state index contributed by atoms with van der Waals surface area (Å²) in [7, 11) is 0. The number of rotatable bonds is 4. The molecule has 3 aromatic rings. The molecule has 3 rings (SSSR count). The van der Waals surface area contributed by atoms with Crippen molar-refractivity contribution >= 4 is 23.4 Å². The number of hydrogen-bond donors (Lipinski definition) is 0. The van der Waals surface area contributed by atoms with Gasteiger partial charge >= 0.3 is 0 Å². The quantitative estimate of drug-likeness (QED) is 0.515. The predicted molar refractivity (Wildman–Crippen MR) is 90.5 cm³/mol. The van der Waals surface area contributed by atoms with Crippen molar-refractivity contribution in [3.8, 4) is 17.5 Å². The zero-order valence-electron chi connectivity index (χ0n) is 12.9. The normalized spacial score (nSPS) is 10.6. The summed E-state index contributed by atoms with van der Waals surface area (Å²) in [4.78, 5) is 12.9. The summed E-state index contributed by atoms with van der Waals surface area (Å²) in [6, 6.07) is 9.38. The Labute approximate surface area is 147 Å². The Morgan fingerprint density at radius 2 is 2.08 bits per heavy atom. The molecule has 0 N–H and O–H groups in total. The number of benzene rings is 1. The molecule has 0 aliphatic carbocycles. The summed E-state index contributed by atoms with van der Waals surface area (Å²) >= 11 is 7.34. The topological polar surface area (TPSA) is 88.5 Å². The number of thioether (sulfide) groups is 1. The third-order valence-corrected chi connectivity index (χ3v) is 4.36. The van der Waals surface area contributed by atoms with Gasteiger partial charge in [-0.3, -0.25) is 0 Å². The van der Waals surface area contributed by atoms with Gasteiger partial charge in [0, 0.05) is 10.6 Å². The molecule has 0 aliphatic rings. The molecule has 8 heteroatoms. The Kier molecular flexibility index (Phi) is 4.79. The van der Waals surface area contributed by atoms with E-state index < -0.39 is 0 Å². The van der Waals surface area contributed by atoms with Crippen LogP contribution >= 0.6 is 23.4 Å². The zero-order valence-corrected chi connectivity index (χ0v) is 14.5. The molecule has 0 saturated carbocycles. The van der Waals surface area contributed by atoms with E-state index in [0.29, 0.717) is 44.6 Å². The van der Waals surface area contributed by atoms with Crippen LogP contribution in [0.1, 0.15) is 23.0 Å². The molecule has 0 spiro atoms. The first kappa shape index (κ1) is 16.4. The van der Waals surface area contributed by atoms with Crippen molar-refractivity contribution in [1.29, 1.82) is 5.26 Å². The van der Waals surface area contributed by atoms with Crippen LogP contribution in [0.2, 0.25) is 5.02 Å². The molecule has 0 radical (unpaired) electrons. The molecule has 0 fully saturated rings. The Bertz CT molecular complexity index is 934. The highest BCUT2D eigenvalue weighted by atomic mass is 35.5. The van der Waals surface area contributed by atoms with Crippen LogP contribution in [0.3, 0.4) is 0 Å². The van der Waals surface area contributed by atoms with Crippen molar-refractivity contribution in [3.63, 3.8) is 0 Å². The van der Waals surface area contributed by atoms with Crippen LogP contribution in [-0.2, 0) is 5.75 Å². The monoisotopic (exact) mass is 357 g/mol. The van der Waals surface area contributed by atoms with E-state index >= 15 is 0 Å². The molecule has 0 amide bonds. The molecule has 0 unspecified atom stereocenters. The first-order valence-corrected chi connectivity index (χ1v) is 8.40. The predicted octanol–water partition coefficient (Wildman–Crippen LogP) is 3.96. The Morgan fingerprint density at radius 1 is 1.25 bits per heavy atom. The van der Waals surface area contributed by atoms with Crippen molar-refractivity contribution in [2.24, 2.45) is 0 Å². The minimum absolute atomic E-state index is 0.415. The Balaban J connectivity index is 1.78. The second-order valence-electron chi connectivity index (χ2n) is 4.96. The molecule has 24 heavy (non-hydrogen) atoms. The lowest BCUT2D eigenvalue weighted by Crippen LogP contribution is -1.99. The van der Waals surface area contributed by atoms with E-state index in [-0.39, 0.29) is 0 Å². The number of nitrogens with zero attached hydrogens (tertiary/aromatic N) is 5. The van der Waals surface area contributed by atoms with E-state index in [1.165, 1.54) is 11.8 Å². The fourth-order valence-corrected chi connectivity index (χ4v) is 3.20. The van der Waals surface area contributed by atoms with Crippen LogP contribution in [0.15, 0.2) is 33.8 Å². The summed E-state index contributed by atoms with van der Waals surface area (Å²) in [5, 5.41) is 14.4. The SMILES string of the molecule is Cc1nc(C)c(C#N)c(SCc2nc(-c3cccc(Cl)c3)no2)n1. The van der Waals surface area contributed by atoms with E-state index in [4.69, 9.17) is 16.1 Å². The van der Waals surface area contributed by atoms with E-state index in [0.717, 1.165) is 5.56 Å². The van der Waals surface area contributed by atoms with Gasteiger partial charge in [0.05, 0.1) is 11.4 Å².